The zero-order valence-electron chi connectivity index (χ0n) is 17.9. The maximum Gasteiger partial charge on any atom is 0.335 e. The van der Waals surface area contributed by atoms with Crippen molar-refractivity contribution in [3.05, 3.63) is 77.5 Å². The SMILES string of the molecule is COc1ccc(CN2CCOc3ccnc(NC4(c5ccc(C(=O)O)cc5)CC4)c32)cc1. The highest BCUT2D eigenvalue weighted by molar-refractivity contribution is 5.87. The van der Waals surface area contributed by atoms with Gasteiger partial charge in [-0.2, -0.15) is 0 Å². The van der Waals surface area contributed by atoms with E-state index >= 15 is 0 Å². The summed E-state index contributed by atoms with van der Waals surface area (Å²) >= 11 is 0. The van der Waals surface area contributed by atoms with E-state index in [1.165, 1.54) is 5.56 Å². The van der Waals surface area contributed by atoms with Gasteiger partial charge in [0.25, 0.3) is 0 Å². The van der Waals surface area contributed by atoms with Gasteiger partial charge in [-0.15, -0.1) is 0 Å². The van der Waals surface area contributed by atoms with E-state index in [1.807, 2.05) is 30.3 Å². The summed E-state index contributed by atoms with van der Waals surface area (Å²) in [6.07, 6.45) is 3.69. The third-order valence-electron chi connectivity index (χ3n) is 6.15. The smallest absolute Gasteiger partial charge is 0.335 e. The van der Waals surface area contributed by atoms with Crippen LogP contribution in [0.3, 0.4) is 0 Å². The van der Waals surface area contributed by atoms with Gasteiger partial charge in [0, 0.05) is 18.8 Å². The molecule has 2 aromatic carbocycles. The van der Waals surface area contributed by atoms with Gasteiger partial charge in [0.15, 0.2) is 5.82 Å². The largest absolute Gasteiger partial charge is 0.497 e. The number of rotatable bonds is 7. The van der Waals surface area contributed by atoms with Crippen molar-refractivity contribution >= 4 is 17.5 Å². The molecule has 1 saturated carbocycles. The Labute approximate surface area is 186 Å². The quantitative estimate of drug-likeness (QED) is 0.577. The van der Waals surface area contributed by atoms with E-state index in [0.717, 1.165) is 54.5 Å². The lowest BCUT2D eigenvalue weighted by Gasteiger charge is -2.33. The number of benzene rings is 2. The van der Waals surface area contributed by atoms with Crippen LogP contribution in [0, 0.1) is 0 Å². The molecule has 164 valence electrons. The molecule has 0 saturated heterocycles. The summed E-state index contributed by atoms with van der Waals surface area (Å²) in [5.74, 6) is 1.53. The van der Waals surface area contributed by atoms with Crippen LogP contribution in [0.25, 0.3) is 0 Å². The fourth-order valence-electron chi connectivity index (χ4n) is 4.21. The molecule has 2 heterocycles. The number of aromatic nitrogens is 1. The Bertz CT molecular complexity index is 1120. The van der Waals surface area contributed by atoms with Crippen LogP contribution in [0.2, 0.25) is 0 Å². The standard InChI is InChI=1S/C25H25N3O4/c1-31-20-8-2-17(3-9-20)16-28-14-15-32-21-10-13-26-23(22(21)28)27-25(11-12-25)19-6-4-18(5-7-19)24(29)30/h2-10,13H,11-12,14-16H2,1H3,(H,26,27)(H,29,30). The lowest BCUT2D eigenvalue weighted by molar-refractivity contribution is 0.0697. The molecule has 0 radical (unpaired) electrons. The number of anilines is 2. The second kappa shape index (κ2) is 8.07. The normalized spacial score (nSPS) is 16.0. The van der Waals surface area contributed by atoms with Crippen molar-refractivity contribution in [3.8, 4) is 11.5 Å². The molecule has 32 heavy (non-hydrogen) atoms. The molecule has 1 aliphatic carbocycles. The maximum absolute atomic E-state index is 11.2. The lowest BCUT2D eigenvalue weighted by atomic mass is 10.0. The third-order valence-corrected chi connectivity index (χ3v) is 6.15. The second-order valence-electron chi connectivity index (χ2n) is 8.21. The first-order valence-corrected chi connectivity index (χ1v) is 10.7. The number of ether oxygens (including phenoxy) is 2. The fraction of sp³-hybridized carbons (Fsp3) is 0.280. The number of aromatic carboxylic acids is 1. The lowest BCUT2D eigenvalue weighted by Crippen LogP contribution is -2.34. The van der Waals surface area contributed by atoms with E-state index in [0.29, 0.717) is 12.2 Å². The number of carbonyl (C=O) groups is 1. The number of nitrogens with one attached hydrogen (secondary N) is 1. The van der Waals surface area contributed by atoms with Crippen molar-refractivity contribution in [1.82, 2.24) is 4.98 Å². The minimum Gasteiger partial charge on any atom is -0.497 e. The van der Waals surface area contributed by atoms with E-state index < -0.39 is 5.97 Å². The van der Waals surface area contributed by atoms with Gasteiger partial charge >= 0.3 is 5.97 Å². The number of fused-ring (bicyclic) bond motifs is 1. The zero-order valence-corrected chi connectivity index (χ0v) is 17.9. The first-order valence-electron chi connectivity index (χ1n) is 10.7. The van der Waals surface area contributed by atoms with Crippen molar-refractivity contribution in [2.75, 3.05) is 30.5 Å². The van der Waals surface area contributed by atoms with Gasteiger partial charge in [-0.25, -0.2) is 9.78 Å². The minimum absolute atomic E-state index is 0.234. The Morgan fingerprint density at radius 1 is 1.16 bits per heavy atom. The predicted octanol–water partition coefficient (Wildman–Crippen LogP) is 4.29. The molecule has 1 fully saturated rings. The molecule has 0 spiro atoms. The molecule has 7 nitrogen and oxygen atoms in total. The highest BCUT2D eigenvalue weighted by Crippen LogP contribution is 2.50. The summed E-state index contributed by atoms with van der Waals surface area (Å²) in [5, 5.41) is 12.8. The number of carboxylic acids is 1. The van der Waals surface area contributed by atoms with E-state index in [9.17, 15) is 9.90 Å². The van der Waals surface area contributed by atoms with Gasteiger partial charge in [-0.1, -0.05) is 24.3 Å². The van der Waals surface area contributed by atoms with Gasteiger partial charge in [-0.05, 0) is 48.2 Å². The molecule has 2 aliphatic rings. The summed E-state index contributed by atoms with van der Waals surface area (Å²) < 4.78 is 11.2. The van der Waals surface area contributed by atoms with Gasteiger partial charge in [0.1, 0.15) is 23.8 Å². The number of nitrogens with zero attached hydrogens (tertiary/aromatic N) is 2. The van der Waals surface area contributed by atoms with Crippen molar-refractivity contribution in [3.63, 3.8) is 0 Å². The van der Waals surface area contributed by atoms with Gasteiger partial charge < -0.3 is 24.8 Å². The Kier molecular flexibility index (Phi) is 5.09. The van der Waals surface area contributed by atoms with Crippen LogP contribution < -0.4 is 19.7 Å². The minimum atomic E-state index is -0.917. The summed E-state index contributed by atoms with van der Waals surface area (Å²) in [6, 6.07) is 17.1. The van der Waals surface area contributed by atoms with Crippen LogP contribution in [0.1, 0.15) is 34.3 Å². The summed E-state index contributed by atoms with van der Waals surface area (Å²) in [7, 11) is 1.67. The monoisotopic (exact) mass is 431 g/mol. The molecule has 0 amide bonds. The number of hydrogen-bond acceptors (Lipinski definition) is 6. The predicted molar refractivity (Wildman–Crippen MR) is 122 cm³/mol. The van der Waals surface area contributed by atoms with Crippen LogP contribution >= 0.6 is 0 Å². The average molecular weight is 431 g/mol. The Morgan fingerprint density at radius 3 is 2.56 bits per heavy atom. The highest BCUT2D eigenvalue weighted by atomic mass is 16.5. The van der Waals surface area contributed by atoms with Crippen molar-refractivity contribution in [2.24, 2.45) is 0 Å². The van der Waals surface area contributed by atoms with Gasteiger partial charge in [-0.3, -0.25) is 0 Å². The van der Waals surface area contributed by atoms with E-state index in [-0.39, 0.29) is 5.54 Å². The first-order chi connectivity index (χ1) is 15.6. The van der Waals surface area contributed by atoms with Crippen molar-refractivity contribution < 1.29 is 19.4 Å². The first kappa shape index (κ1) is 20.2. The van der Waals surface area contributed by atoms with E-state index in [2.05, 4.69) is 27.3 Å². The third kappa shape index (κ3) is 3.82. The van der Waals surface area contributed by atoms with Crippen LogP contribution in [-0.2, 0) is 12.1 Å². The van der Waals surface area contributed by atoms with Crippen molar-refractivity contribution in [1.29, 1.82) is 0 Å². The average Bonchev–Trinajstić information content (AvgIpc) is 3.60. The van der Waals surface area contributed by atoms with Crippen LogP contribution in [-0.4, -0.2) is 36.3 Å². The molecule has 2 N–H and O–H groups in total. The molecule has 5 rings (SSSR count). The van der Waals surface area contributed by atoms with Crippen molar-refractivity contribution in [2.45, 2.75) is 24.9 Å². The zero-order chi connectivity index (χ0) is 22.1. The molecule has 7 heteroatoms. The number of methoxy groups -OCH3 is 1. The van der Waals surface area contributed by atoms with Gasteiger partial charge in [0.05, 0.1) is 24.8 Å². The number of hydrogen-bond donors (Lipinski definition) is 2. The summed E-state index contributed by atoms with van der Waals surface area (Å²) in [4.78, 5) is 18.2. The Morgan fingerprint density at radius 2 is 1.91 bits per heavy atom. The fourth-order valence-corrected chi connectivity index (χ4v) is 4.21. The van der Waals surface area contributed by atoms with Crippen LogP contribution in [0.15, 0.2) is 60.8 Å². The highest BCUT2D eigenvalue weighted by Gasteiger charge is 2.45. The van der Waals surface area contributed by atoms with Gasteiger partial charge in [0.2, 0.25) is 0 Å². The van der Waals surface area contributed by atoms with E-state index in [1.54, 1.807) is 25.4 Å². The molecule has 1 aliphatic heterocycles. The Balaban J connectivity index is 1.42. The Hall–Kier alpha value is -3.74. The summed E-state index contributed by atoms with van der Waals surface area (Å²) in [5.41, 5.74) is 3.27. The summed E-state index contributed by atoms with van der Waals surface area (Å²) in [6.45, 7) is 2.12. The molecule has 0 bridgehead atoms. The second-order valence-corrected chi connectivity index (χ2v) is 8.21. The molecule has 3 aromatic rings. The number of carboxylic acid groups (broad SMARTS) is 1. The molecule has 0 unspecified atom stereocenters. The van der Waals surface area contributed by atoms with E-state index in [4.69, 9.17) is 9.47 Å². The molecular weight excluding hydrogens is 406 g/mol. The van der Waals surface area contributed by atoms with Crippen LogP contribution in [0.5, 0.6) is 11.5 Å². The molecule has 1 aromatic heterocycles. The topological polar surface area (TPSA) is 83.9 Å². The maximum atomic E-state index is 11.2. The van der Waals surface area contributed by atoms with Crippen LogP contribution in [0.4, 0.5) is 11.5 Å². The molecule has 0 atom stereocenters. The number of pyridine rings is 1. The molecular formula is C25H25N3O4.